The van der Waals surface area contributed by atoms with Crippen molar-refractivity contribution in [1.29, 1.82) is 0 Å². The standard InChI is InChI=1S/C9H11N5.ClH/c10-8(9-11-13-14-12-9)6-7-4-2-1-3-5-7;/h1-5,8H,6,10H2,(H,11,12,13,14);1H. The molecule has 0 saturated carbocycles. The lowest BCUT2D eigenvalue weighted by atomic mass is 10.1. The molecule has 80 valence electrons. The van der Waals surface area contributed by atoms with Crippen molar-refractivity contribution in [1.82, 2.24) is 20.6 Å². The molecule has 3 N–H and O–H groups in total. The number of rotatable bonds is 3. The molecule has 1 aromatic carbocycles. The van der Waals surface area contributed by atoms with E-state index in [1.54, 1.807) is 0 Å². The molecular formula is C9H12ClN5. The van der Waals surface area contributed by atoms with Crippen LogP contribution in [0.25, 0.3) is 0 Å². The molecule has 0 aliphatic heterocycles. The van der Waals surface area contributed by atoms with Crippen molar-refractivity contribution in [2.24, 2.45) is 5.73 Å². The highest BCUT2D eigenvalue weighted by Crippen LogP contribution is 2.10. The van der Waals surface area contributed by atoms with E-state index < -0.39 is 0 Å². The lowest BCUT2D eigenvalue weighted by Gasteiger charge is -2.05. The lowest BCUT2D eigenvalue weighted by Crippen LogP contribution is -2.15. The monoisotopic (exact) mass is 225 g/mol. The van der Waals surface area contributed by atoms with E-state index in [4.69, 9.17) is 5.73 Å². The zero-order chi connectivity index (χ0) is 9.80. The number of nitrogens with one attached hydrogen (secondary N) is 1. The van der Waals surface area contributed by atoms with E-state index in [-0.39, 0.29) is 18.4 Å². The molecule has 1 aromatic heterocycles. The average molecular weight is 226 g/mol. The van der Waals surface area contributed by atoms with Gasteiger partial charge in [0, 0.05) is 0 Å². The van der Waals surface area contributed by atoms with Crippen molar-refractivity contribution >= 4 is 12.4 Å². The van der Waals surface area contributed by atoms with Crippen molar-refractivity contribution in [3.63, 3.8) is 0 Å². The van der Waals surface area contributed by atoms with Gasteiger partial charge in [-0.05, 0) is 12.0 Å². The lowest BCUT2D eigenvalue weighted by molar-refractivity contribution is 0.669. The Morgan fingerprint density at radius 2 is 2.00 bits per heavy atom. The third kappa shape index (κ3) is 3.00. The van der Waals surface area contributed by atoms with Gasteiger partial charge in [0.15, 0.2) is 5.82 Å². The van der Waals surface area contributed by atoms with Gasteiger partial charge in [-0.3, -0.25) is 0 Å². The van der Waals surface area contributed by atoms with E-state index in [2.05, 4.69) is 20.6 Å². The first-order chi connectivity index (χ1) is 6.86. The first-order valence-electron chi connectivity index (χ1n) is 4.39. The summed E-state index contributed by atoms with van der Waals surface area (Å²) in [6.07, 6.45) is 0.723. The van der Waals surface area contributed by atoms with Crippen LogP contribution in [0.3, 0.4) is 0 Å². The Bertz CT molecular complexity index is 375. The molecule has 6 heteroatoms. The van der Waals surface area contributed by atoms with Crippen LogP contribution >= 0.6 is 12.4 Å². The number of H-pyrrole nitrogens is 1. The van der Waals surface area contributed by atoms with E-state index in [0.29, 0.717) is 5.82 Å². The summed E-state index contributed by atoms with van der Waals surface area (Å²) in [7, 11) is 0. The van der Waals surface area contributed by atoms with Crippen molar-refractivity contribution in [3.8, 4) is 0 Å². The van der Waals surface area contributed by atoms with Gasteiger partial charge < -0.3 is 5.73 Å². The van der Waals surface area contributed by atoms with E-state index in [1.165, 1.54) is 5.56 Å². The number of aromatic amines is 1. The molecule has 5 nitrogen and oxygen atoms in total. The SMILES string of the molecule is Cl.NC(Cc1ccccc1)c1nn[nH]n1. The summed E-state index contributed by atoms with van der Waals surface area (Å²) in [5.41, 5.74) is 7.06. The Labute approximate surface area is 93.5 Å². The topological polar surface area (TPSA) is 80.5 Å². The largest absolute Gasteiger partial charge is 0.321 e. The van der Waals surface area contributed by atoms with Crippen molar-refractivity contribution in [3.05, 3.63) is 41.7 Å². The number of benzene rings is 1. The summed E-state index contributed by atoms with van der Waals surface area (Å²) in [6, 6.07) is 9.80. The summed E-state index contributed by atoms with van der Waals surface area (Å²) in [4.78, 5) is 0. The van der Waals surface area contributed by atoms with Gasteiger partial charge in [-0.1, -0.05) is 35.5 Å². The Morgan fingerprint density at radius 1 is 1.27 bits per heavy atom. The molecule has 15 heavy (non-hydrogen) atoms. The highest BCUT2D eigenvalue weighted by Gasteiger charge is 2.10. The molecule has 0 amide bonds. The minimum absolute atomic E-state index is 0. The van der Waals surface area contributed by atoms with Crippen LogP contribution in [0, 0.1) is 0 Å². The van der Waals surface area contributed by atoms with Crippen LogP contribution in [-0.2, 0) is 6.42 Å². The minimum Gasteiger partial charge on any atom is -0.321 e. The van der Waals surface area contributed by atoms with Crippen molar-refractivity contribution < 1.29 is 0 Å². The Kier molecular flexibility index (Phi) is 4.20. The molecule has 0 aliphatic rings. The second-order valence-corrected chi connectivity index (χ2v) is 3.07. The Balaban J connectivity index is 0.00000112. The van der Waals surface area contributed by atoms with Crippen LogP contribution in [0.5, 0.6) is 0 Å². The molecule has 1 unspecified atom stereocenters. The maximum Gasteiger partial charge on any atom is 0.191 e. The van der Waals surface area contributed by atoms with Crippen LogP contribution in [0.15, 0.2) is 30.3 Å². The number of hydrogen-bond acceptors (Lipinski definition) is 4. The maximum atomic E-state index is 5.89. The molecule has 2 rings (SSSR count). The molecular weight excluding hydrogens is 214 g/mol. The molecule has 0 fully saturated rings. The average Bonchev–Trinajstić information content (AvgIpc) is 2.72. The number of nitrogens with zero attached hydrogens (tertiary/aromatic N) is 3. The smallest absolute Gasteiger partial charge is 0.191 e. The quantitative estimate of drug-likeness (QED) is 0.812. The van der Waals surface area contributed by atoms with Gasteiger partial charge >= 0.3 is 0 Å². The number of aromatic nitrogens is 4. The van der Waals surface area contributed by atoms with Gasteiger partial charge in [0.25, 0.3) is 0 Å². The second kappa shape index (κ2) is 5.43. The third-order valence-corrected chi connectivity index (χ3v) is 1.99. The predicted octanol–water partition coefficient (Wildman–Crippen LogP) is 0.864. The van der Waals surface area contributed by atoms with Gasteiger partial charge in [0.05, 0.1) is 6.04 Å². The van der Waals surface area contributed by atoms with Crippen LogP contribution < -0.4 is 5.73 Å². The molecule has 0 saturated heterocycles. The third-order valence-electron chi connectivity index (χ3n) is 1.99. The van der Waals surface area contributed by atoms with Crippen LogP contribution in [0.2, 0.25) is 0 Å². The van der Waals surface area contributed by atoms with E-state index in [0.717, 1.165) is 6.42 Å². The van der Waals surface area contributed by atoms with Crippen molar-refractivity contribution in [2.45, 2.75) is 12.5 Å². The summed E-state index contributed by atoms with van der Waals surface area (Å²) in [5.74, 6) is 0.550. The fourth-order valence-corrected chi connectivity index (χ4v) is 1.29. The first-order valence-corrected chi connectivity index (χ1v) is 4.39. The van der Waals surface area contributed by atoms with Gasteiger partial charge in [-0.15, -0.1) is 22.6 Å². The highest BCUT2D eigenvalue weighted by atomic mass is 35.5. The van der Waals surface area contributed by atoms with Crippen molar-refractivity contribution in [2.75, 3.05) is 0 Å². The van der Waals surface area contributed by atoms with Crippen LogP contribution in [0.4, 0.5) is 0 Å². The predicted molar refractivity (Wildman–Crippen MR) is 58.5 cm³/mol. The van der Waals surface area contributed by atoms with Crippen LogP contribution in [-0.4, -0.2) is 20.6 Å². The summed E-state index contributed by atoms with van der Waals surface area (Å²) in [5, 5.41) is 13.5. The van der Waals surface area contributed by atoms with E-state index >= 15 is 0 Å². The number of nitrogens with two attached hydrogens (primary N) is 1. The molecule has 0 bridgehead atoms. The second-order valence-electron chi connectivity index (χ2n) is 3.07. The molecule has 2 aromatic rings. The Hall–Kier alpha value is -1.46. The van der Waals surface area contributed by atoms with E-state index in [9.17, 15) is 0 Å². The molecule has 1 heterocycles. The normalized spacial score (nSPS) is 11.8. The number of hydrogen-bond donors (Lipinski definition) is 2. The Morgan fingerprint density at radius 3 is 2.60 bits per heavy atom. The highest BCUT2D eigenvalue weighted by molar-refractivity contribution is 5.85. The van der Waals surface area contributed by atoms with Gasteiger partial charge in [-0.2, -0.15) is 5.21 Å². The molecule has 0 radical (unpaired) electrons. The molecule has 1 atom stereocenters. The van der Waals surface area contributed by atoms with Gasteiger partial charge in [-0.25, -0.2) is 0 Å². The first kappa shape index (κ1) is 11.6. The fourth-order valence-electron chi connectivity index (χ4n) is 1.29. The van der Waals surface area contributed by atoms with Gasteiger partial charge in [0.1, 0.15) is 0 Å². The van der Waals surface area contributed by atoms with E-state index in [1.807, 2.05) is 30.3 Å². The summed E-state index contributed by atoms with van der Waals surface area (Å²) >= 11 is 0. The maximum absolute atomic E-state index is 5.89. The fraction of sp³-hybridized carbons (Fsp3) is 0.222. The zero-order valence-electron chi connectivity index (χ0n) is 8.00. The zero-order valence-corrected chi connectivity index (χ0v) is 8.81. The minimum atomic E-state index is -0.198. The van der Waals surface area contributed by atoms with Crippen LogP contribution in [0.1, 0.15) is 17.4 Å². The molecule has 0 spiro atoms. The molecule has 0 aliphatic carbocycles. The number of halogens is 1. The summed E-state index contributed by atoms with van der Waals surface area (Å²) < 4.78 is 0. The summed E-state index contributed by atoms with van der Waals surface area (Å²) in [6.45, 7) is 0. The number of tetrazole rings is 1. The van der Waals surface area contributed by atoms with Gasteiger partial charge in [0.2, 0.25) is 0 Å².